The molecule has 162 valence electrons. The van der Waals surface area contributed by atoms with Crippen molar-refractivity contribution in [3.63, 3.8) is 0 Å². The summed E-state index contributed by atoms with van der Waals surface area (Å²) in [5, 5.41) is 22.3. The van der Waals surface area contributed by atoms with E-state index < -0.39 is 0 Å². The number of aromatic nitrogens is 3. The summed E-state index contributed by atoms with van der Waals surface area (Å²) >= 11 is 7.43. The van der Waals surface area contributed by atoms with Gasteiger partial charge in [0, 0.05) is 5.56 Å². The van der Waals surface area contributed by atoms with Crippen molar-refractivity contribution in [2.45, 2.75) is 19.0 Å². The van der Waals surface area contributed by atoms with Crippen LogP contribution >= 0.6 is 23.4 Å². The lowest BCUT2D eigenvalue weighted by molar-refractivity contribution is -0.113. The van der Waals surface area contributed by atoms with Crippen molar-refractivity contribution in [3.05, 3.63) is 82.9 Å². The summed E-state index contributed by atoms with van der Waals surface area (Å²) in [4.78, 5) is 12.5. The first-order valence-electron chi connectivity index (χ1n) is 9.92. The molecule has 0 bridgehead atoms. The van der Waals surface area contributed by atoms with E-state index in [-0.39, 0.29) is 17.4 Å². The van der Waals surface area contributed by atoms with Crippen molar-refractivity contribution < 1.29 is 9.90 Å². The smallest absolute Gasteiger partial charge is 0.234 e. The summed E-state index contributed by atoms with van der Waals surface area (Å²) in [5.74, 6) is 0.763. The van der Waals surface area contributed by atoms with Crippen LogP contribution in [0.1, 0.15) is 11.1 Å². The van der Waals surface area contributed by atoms with Crippen molar-refractivity contribution in [1.29, 1.82) is 0 Å². The Labute approximate surface area is 195 Å². The molecule has 0 radical (unpaired) electrons. The summed E-state index contributed by atoms with van der Waals surface area (Å²) in [7, 11) is 0. The van der Waals surface area contributed by atoms with Gasteiger partial charge in [0.2, 0.25) is 5.91 Å². The summed E-state index contributed by atoms with van der Waals surface area (Å²) in [6.45, 7) is 4.05. The highest BCUT2D eigenvalue weighted by Crippen LogP contribution is 2.31. The minimum atomic E-state index is -0.190. The van der Waals surface area contributed by atoms with Crippen LogP contribution in [0.25, 0.3) is 17.1 Å². The average Bonchev–Trinajstić information content (AvgIpc) is 3.20. The molecule has 4 aromatic rings. The van der Waals surface area contributed by atoms with Gasteiger partial charge in [0.05, 0.1) is 22.2 Å². The molecular formula is C24H21ClN4O2S. The van der Waals surface area contributed by atoms with Crippen molar-refractivity contribution in [3.8, 4) is 22.8 Å². The number of rotatable bonds is 6. The SMILES string of the molecule is Cc1ccc(C)c(-n2c(SCC(=O)Nc3ccccc3Cl)nnc2-c2ccc(O)cc2)c1. The molecular weight excluding hydrogens is 444 g/mol. The molecule has 4 rings (SSSR count). The summed E-state index contributed by atoms with van der Waals surface area (Å²) in [6, 6.07) is 20.1. The van der Waals surface area contributed by atoms with E-state index in [1.807, 2.05) is 42.7 Å². The molecule has 3 aromatic carbocycles. The summed E-state index contributed by atoms with van der Waals surface area (Å²) in [6.07, 6.45) is 0. The van der Waals surface area contributed by atoms with Gasteiger partial charge in [0.15, 0.2) is 11.0 Å². The number of hydrogen-bond donors (Lipinski definition) is 2. The van der Waals surface area contributed by atoms with E-state index in [0.717, 1.165) is 22.4 Å². The first kappa shape index (κ1) is 21.9. The van der Waals surface area contributed by atoms with Gasteiger partial charge in [-0.2, -0.15) is 0 Å². The van der Waals surface area contributed by atoms with Gasteiger partial charge in [0.25, 0.3) is 0 Å². The zero-order valence-electron chi connectivity index (χ0n) is 17.5. The fourth-order valence-electron chi connectivity index (χ4n) is 3.22. The lowest BCUT2D eigenvalue weighted by atomic mass is 10.1. The van der Waals surface area contributed by atoms with Gasteiger partial charge >= 0.3 is 0 Å². The Morgan fingerprint density at radius 2 is 1.81 bits per heavy atom. The fourth-order valence-corrected chi connectivity index (χ4v) is 4.15. The number of nitrogens with one attached hydrogen (secondary N) is 1. The molecule has 0 aliphatic rings. The Morgan fingerprint density at radius 3 is 2.56 bits per heavy atom. The number of amides is 1. The van der Waals surface area contributed by atoms with Gasteiger partial charge in [-0.25, -0.2) is 0 Å². The zero-order valence-corrected chi connectivity index (χ0v) is 19.1. The molecule has 0 saturated heterocycles. The highest BCUT2D eigenvalue weighted by atomic mass is 35.5. The maximum Gasteiger partial charge on any atom is 0.234 e. The second-order valence-corrected chi connectivity index (χ2v) is 8.64. The normalized spacial score (nSPS) is 10.8. The van der Waals surface area contributed by atoms with Crippen molar-refractivity contribution >= 4 is 35.0 Å². The first-order chi connectivity index (χ1) is 15.4. The number of aromatic hydroxyl groups is 1. The second kappa shape index (κ2) is 9.46. The Morgan fingerprint density at radius 1 is 1.06 bits per heavy atom. The molecule has 1 aromatic heterocycles. The fraction of sp³-hybridized carbons (Fsp3) is 0.125. The molecule has 0 unspecified atom stereocenters. The number of para-hydroxylation sites is 1. The van der Waals surface area contributed by atoms with Crippen molar-refractivity contribution in [2.75, 3.05) is 11.1 Å². The highest BCUT2D eigenvalue weighted by Gasteiger charge is 2.19. The van der Waals surface area contributed by atoms with E-state index in [2.05, 4.69) is 21.6 Å². The van der Waals surface area contributed by atoms with E-state index in [1.165, 1.54) is 11.8 Å². The van der Waals surface area contributed by atoms with Crippen LogP contribution in [0.5, 0.6) is 5.75 Å². The van der Waals surface area contributed by atoms with Crippen LogP contribution in [0.4, 0.5) is 5.69 Å². The summed E-state index contributed by atoms with van der Waals surface area (Å²) in [5.41, 5.74) is 4.47. The number of thioether (sulfide) groups is 1. The number of halogens is 1. The number of hydrogen-bond acceptors (Lipinski definition) is 5. The van der Waals surface area contributed by atoms with Crippen molar-refractivity contribution in [2.24, 2.45) is 0 Å². The third-order valence-electron chi connectivity index (χ3n) is 4.84. The Balaban J connectivity index is 1.66. The molecule has 0 spiro atoms. The standard InChI is InChI=1S/C24H21ClN4O2S/c1-15-7-8-16(2)21(13-15)29-23(17-9-11-18(30)12-10-17)27-28-24(29)32-14-22(31)26-20-6-4-3-5-19(20)25/h3-13,30H,14H2,1-2H3,(H,26,31). The van der Waals surface area contributed by atoms with E-state index in [9.17, 15) is 9.90 Å². The van der Waals surface area contributed by atoms with Gasteiger partial charge in [-0.05, 0) is 67.4 Å². The second-order valence-electron chi connectivity index (χ2n) is 7.30. The van der Waals surface area contributed by atoms with Crippen LogP contribution in [0.3, 0.4) is 0 Å². The molecule has 0 fully saturated rings. The lowest BCUT2D eigenvalue weighted by Crippen LogP contribution is -2.15. The van der Waals surface area contributed by atoms with Gasteiger partial charge < -0.3 is 10.4 Å². The molecule has 32 heavy (non-hydrogen) atoms. The minimum Gasteiger partial charge on any atom is -0.508 e. The number of nitrogens with zero attached hydrogens (tertiary/aromatic N) is 3. The molecule has 0 aliphatic heterocycles. The molecule has 1 heterocycles. The number of aryl methyl sites for hydroxylation is 2. The maximum absolute atomic E-state index is 12.5. The number of benzene rings is 3. The number of phenols is 1. The van der Waals surface area contributed by atoms with E-state index in [4.69, 9.17) is 11.6 Å². The molecule has 0 aliphatic carbocycles. The maximum atomic E-state index is 12.5. The highest BCUT2D eigenvalue weighted by molar-refractivity contribution is 7.99. The number of anilines is 1. The number of carbonyl (C=O) groups excluding carboxylic acids is 1. The van der Waals surface area contributed by atoms with Crippen LogP contribution in [-0.2, 0) is 4.79 Å². The summed E-state index contributed by atoms with van der Waals surface area (Å²) < 4.78 is 1.95. The lowest BCUT2D eigenvalue weighted by Gasteiger charge is -2.14. The van der Waals surface area contributed by atoms with E-state index in [0.29, 0.717) is 21.7 Å². The van der Waals surface area contributed by atoms with Gasteiger partial charge in [-0.3, -0.25) is 9.36 Å². The molecule has 6 nitrogen and oxygen atoms in total. The minimum absolute atomic E-state index is 0.143. The van der Waals surface area contributed by atoms with Crippen molar-refractivity contribution in [1.82, 2.24) is 14.8 Å². The quantitative estimate of drug-likeness (QED) is 0.361. The third kappa shape index (κ3) is 4.79. The van der Waals surface area contributed by atoms with E-state index in [1.54, 1.807) is 36.4 Å². The Bertz CT molecular complexity index is 1270. The van der Waals surface area contributed by atoms with Crippen LogP contribution in [-0.4, -0.2) is 31.5 Å². The number of carbonyl (C=O) groups is 1. The van der Waals surface area contributed by atoms with Gasteiger partial charge in [-0.1, -0.05) is 47.6 Å². The van der Waals surface area contributed by atoms with Crippen LogP contribution in [0.2, 0.25) is 5.02 Å². The molecule has 0 saturated carbocycles. The van der Waals surface area contributed by atoms with Crippen LogP contribution in [0.15, 0.2) is 71.9 Å². The predicted molar refractivity (Wildman–Crippen MR) is 129 cm³/mol. The third-order valence-corrected chi connectivity index (χ3v) is 6.10. The largest absolute Gasteiger partial charge is 0.508 e. The average molecular weight is 465 g/mol. The molecule has 0 atom stereocenters. The molecule has 1 amide bonds. The first-order valence-corrected chi connectivity index (χ1v) is 11.3. The number of phenolic OH excluding ortho intramolecular Hbond substituents is 1. The topological polar surface area (TPSA) is 80.0 Å². The molecule has 8 heteroatoms. The van der Waals surface area contributed by atoms with Crippen LogP contribution < -0.4 is 5.32 Å². The van der Waals surface area contributed by atoms with Gasteiger partial charge in [-0.15, -0.1) is 10.2 Å². The Kier molecular flexibility index (Phi) is 6.48. The monoisotopic (exact) mass is 464 g/mol. The Hall–Kier alpha value is -3.29. The van der Waals surface area contributed by atoms with Gasteiger partial charge in [0.1, 0.15) is 5.75 Å². The predicted octanol–water partition coefficient (Wildman–Crippen LogP) is 5.64. The molecule has 2 N–H and O–H groups in total. The van der Waals surface area contributed by atoms with Crippen LogP contribution in [0, 0.1) is 13.8 Å². The zero-order chi connectivity index (χ0) is 22.7. The van der Waals surface area contributed by atoms with E-state index >= 15 is 0 Å².